The average molecular weight is 848 g/mol. The molecule has 0 radical (unpaired) electrons. The molecule has 0 aliphatic rings. The highest BCUT2D eigenvalue weighted by Crippen LogP contribution is 2.17. The number of rotatable bonds is 50. The summed E-state index contributed by atoms with van der Waals surface area (Å²) in [5.74, 6) is -0.0596. The van der Waals surface area contributed by atoms with Crippen molar-refractivity contribution in [1.29, 1.82) is 0 Å². The van der Waals surface area contributed by atoms with E-state index in [4.69, 9.17) is 4.74 Å². The zero-order chi connectivity index (χ0) is 43.7. The van der Waals surface area contributed by atoms with Gasteiger partial charge in [0.15, 0.2) is 0 Å². The lowest BCUT2D eigenvalue weighted by Crippen LogP contribution is -2.45. The maximum Gasteiger partial charge on any atom is 0.305 e. The van der Waals surface area contributed by atoms with Crippen LogP contribution in [0.2, 0.25) is 0 Å². The molecule has 60 heavy (non-hydrogen) atoms. The third-order valence-corrected chi connectivity index (χ3v) is 12.6. The smallest absolute Gasteiger partial charge is 0.305 e. The molecule has 0 aromatic carbocycles. The quantitative estimate of drug-likeness (QED) is 0.0322. The Morgan fingerprint density at radius 2 is 0.767 bits per heavy atom. The van der Waals surface area contributed by atoms with Crippen LogP contribution in [0.4, 0.5) is 0 Å². The van der Waals surface area contributed by atoms with Crippen LogP contribution in [0.3, 0.4) is 0 Å². The van der Waals surface area contributed by atoms with Crippen LogP contribution < -0.4 is 5.32 Å². The van der Waals surface area contributed by atoms with Crippen LogP contribution in [0.5, 0.6) is 0 Å². The highest BCUT2D eigenvalue weighted by atomic mass is 16.5. The van der Waals surface area contributed by atoms with Gasteiger partial charge in [-0.25, -0.2) is 0 Å². The number of amides is 1. The van der Waals surface area contributed by atoms with Gasteiger partial charge in [-0.15, -0.1) is 0 Å². The van der Waals surface area contributed by atoms with E-state index in [1.807, 2.05) is 6.08 Å². The van der Waals surface area contributed by atoms with Crippen molar-refractivity contribution in [1.82, 2.24) is 5.32 Å². The van der Waals surface area contributed by atoms with Crippen molar-refractivity contribution >= 4 is 11.9 Å². The second-order valence-electron chi connectivity index (χ2n) is 18.6. The van der Waals surface area contributed by atoms with Gasteiger partial charge in [-0.1, -0.05) is 264 Å². The van der Waals surface area contributed by atoms with Crippen molar-refractivity contribution in [2.75, 3.05) is 13.2 Å². The second kappa shape index (κ2) is 50.2. The summed E-state index contributed by atoms with van der Waals surface area (Å²) in [6.45, 7) is 4.89. The summed E-state index contributed by atoms with van der Waals surface area (Å²) in [6, 6.07) is -0.626. The molecule has 0 aliphatic heterocycles. The lowest BCUT2D eigenvalue weighted by molar-refractivity contribution is -0.143. The third kappa shape index (κ3) is 46.1. The van der Waals surface area contributed by atoms with E-state index in [9.17, 15) is 19.8 Å². The normalized spacial score (nSPS) is 12.7. The van der Waals surface area contributed by atoms with E-state index >= 15 is 0 Å². The minimum atomic E-state index is -0.842. The first-order valence-electron chi connectivity index (χ1n) is 27.0. The Kier molecular flexibility index (Phi) is 49.1. The number of carbonyl (C=O) groups excluding carboxylic acids is 2. The Morgan fingerprint density at radius 3 is 1.13 bits per heavy atom. The average Bonchev–Trinajstić information content (AvgIpc) is 3.25. The first kappa shape index (κ1) is 58.6. The molecule has 356 valence electrons. The lowest BCUT2D eigenvalue weighted by Gasteiger charge is -2.20. The molecule has 0 bridgehead atoms. The second-order valence-corrected chi connectivity index (χ2v) is 18.6. The molecule has 0 aromatic heterocycles. The Balaban J connectivity index is 3.38. The minimum Gasteiger partial charge on any atom is -0.466 e. The molecule has 0 heterocycles. The van der Waals surface area contributed by atoms with Crippen molar-refractivity contribution in [3.8, 4) is 0 Å². The van der Waals surface area contributed by atoms with Gasteiger partial charge in [-0.2, -0.15) is 0 Å². The van der Waals surface area contributed by atoms with Gasteiger partial charge in [-0.3, -0.25) is 9.59 Å². The number of hydrogen-bond donors (Lipinski definition) is 3. The predicted octanol–water partition coefficient (Wildman–Crippen LogP) is 16.1. The molecule has 1 amide bonds. The van der Waals surface area contributed by atoms with Gasteiger partial charge in [0.1, 0.15) is 0 Å². The van der Waals surface area contributed by atoms with Gasteiger partial charge >= 0.3 is 5.97 Å². The van der Waals surface area contributed by atoms with E-state index in [2.05, 4.69) is 19.2 Å². The first-order valence-corrected chi connectivity index (χ1v) is 27.0. The Labute approximate surface area is 374 Å². The van der Waals surface area contributed by atoms with Crippen molar-refractivity contribution in [2.45, 2.75) is 309 Å². The number of aliphatic hydroxyl groups is 2. The molecule has 0 saturated carbocycles. The summed E-state index contributed by atoms with van der Waals surface area (Å²) in [5, 5.41) is 22.9. The van der Waals surface area contributed by atoms with E-state index in [1.54, 1.807) is 6.08 Å². The molecular weight excluding hydrogens is 743 g/mol. The fraction of sp³-hybridized carbons (Fsp3) is 0.926. The summed E-state index contributed by atoms with van der Waals surface area (Å²) in [7, 11) is 0. The molecule has 2 atom stereocenters. The number of allylic oxidation sites excluding steroid dienone is 1. The number of hydrogen-bond acceptors (Lipinski definition) is 5. The summed E-state index contributed by atoms with van der Waals surface area (Å²) < 4.78 is 5.47. The molecule has 3 N–H and O–H groups in total. The number of nitrogens with one attached hydrogen (secondary N) is 1. The van der Waals surface area contributed by atoms with Crippen LogP contribution in [0.1, 0.15) is 296 Å². The highest BCUT2D eigenvalue weighted by Gasteiger charge is 2.18. The van der Waals surface area contributed by atoms with Gasteiger partial charge in [0.25, 0.3) is 0 Å². The lowest BCUT2D eigenvalue weighted by atomic mass is 10.0. The maximum atomic E-state index is 12.4. The van der Waals surface area contributed by atoms with Crippen molar-refractivity contribution in [2.24, 2.45) is 0 Å². The van der Waals surface area contributed by atoms with Crippen molar-refractivity contribution in [3.05, 3.63) is 12.2 Å². The van der Waals surface area contributed by atoms with Crippen LogP contribution in [0.15, 0.2) is 12.2 Å². The number of unbranched alkanes of at least 4 members (excludes halogenated alkanes) is 39. The molecule has 0 rings (SSSR count). The van der Waals surface area contributed by atoms with Crippen molar-refractivity contribution in [3.63, 3.8) is 0 Å². The van der Waals surface area contributed by atoms with Crippen LogP contribution in [-0.2, 0) is 14.3 Å². The fourth-order valence-corrected chi connectivity index (χ4v) is 8.40. The van der Waals surface area contributed by atoms with Crippen LogP contribution >= 0.6 is 0 Å². The Bertz CT molecular complexity index is 893. The number of ether oxygens (including phenoxy) is 1. The number of carbonyl (C=O) groups is 2. The summed E-state index contributed by atoms with van der Waals surface area (Å²) in [6.07, 6.45) is 58.0. The van der Waals surface area contributed by atoms with E-state index in [0.717, 1.165) is 38.5 Å². The van der Waals surface area contributed by atoms with Crippen LogP contribution in [-0.4, -0.2) is 47.4 Å². The van der Waals surface area contributed by atoms with Crippen molar-refractivity contribution < 1.29 is 24.5 Å². The molecule has 6 heteroatoms. The molecule has 2 unspecified atom stereocenters. The summed E-state index contributed by atoms with van der Waals surface area (Å²) in [4.78, 5) is 24.4. The van der Waals surface area contributed by atoms with Gasteiger partial charge < -0.3 is 20.3 Å². The van der Waals surface area contributed by atoms with Gasteiger partial charge in [-0.05, 0) is 32.1 Å². The first-order chi connectivity index (χ1) is 29.5. The molecule has 0 aliphatic carbocycles. The fourth-order valence-electron chi connectivity index (χ4n) is 8.40. The van der Waals surface area contributed by atoms with E-state index in [-0.39, 0.29) is 18.5 Å². The largest absolute Gasteiger partial charge is 0.466 e. The molecule has 0 fully saturated rings. The molecular formula is C54H105NO5. The Morgan fingerprint density at radius 1 is 0.450 bits per heavy atom. The summed E-state index contributed by atoms with van der Waals surface area (Å²) in [5.41, 5.74) is 0. The van der Waals surface area contributed by atoms with Gasteiger partial charge in [0.05, 0.1) is 25.4 Å². The molecule has 0 saturated heterocycles. The van der Waals surface area contributed by atoms with E-state index in [0.29, 0.717) is 19.4 Å². The standard InChI is InChI=1S/C54H105NO5/c1-3-5-7-9-11-13-15-24-28-32-36-40-44-48-54(59)60-49-45-41-37-33-29-26-23-21-19-17-16-18-20-22-25-27-31-35-39-43-47-53(58)55-51(50-56)52(57)46-42-38-34-30-14-12-10-8-6-4-2/h42,46,51-52,56-57H,3-41,43-45,47-50H2,1-2H3,(H,55,58)/b46-42+. The predicted molar refractivity (Wildman–Crippen MR) is 260 cm³/mol. The topological polar surface area (TPSA) is 95.9 Å². The van der Waals surface area contributed by atoms with E-state index < -0.39 is 12.1 Å². The van der Waals surface area contributed by atoms with Gasteiger partial charge in [0, 0.05) is 12.8 Å². The molecule has 0 aromatic rings. The monoisotopic (exact) mass is 848 g/mol. The zero-order valence-electron chi connectivity index (χ0n) is 40.5. The SMILES string of the molecule is CCCCCCCCCC/C=C/C(O)C(CO)NC(=O)CCCCCCCCCCCCCCCCCCCCCCOC(=O)CCCCCCCCCCCCCCC. The Hall–Kier alpha value is -1.40. The van der Waals surface area contributed by atoms with E-state index in [1.165, 1.54) is 231 Å². The minimum absolute atomic E-state index is 0.0114. The van der Waals surface area contributed by atoms with Gasteiger partial charge in [0.2, 0.25) is 5.91 Å². The summed E-state index contributed by atoms with van der Waals surface area (Å²) >= 11 is 0. The number of aliphatic hydroxyl groups excluding tert-OH is 2. The highest BCUT2D eigenvalue weighted by molar-refractivity contribution is 5.76. The zero-order valence-corrected chi connectivity index (χ0v) is 40.5. The number of esters is 1. The van der Waals surface area contributed by atoms with Crippen LogP contribution in [0, 0.1) is 0 Å². The molecule has 0 spiro atoms. The maximum absolute atomic E-state index is 12.4. The van der Waals surface area contributed by atoms with Crippen LogP contribution in [0.25, 0.3) is 0 Å². The molecule has 6 nitrogen and oxygen atoms in total. The third-order valence-electron chi connectivity index (χ3n) is 12.6.